The third kappa shape index (κ3) is 4.89. The van der Waals surface area contributed by atoms with Gasteiger partial charge in [-0.25, -0.2) is 4.79 Å². The van der Waals surface area contributed by atoms with E-state index < -0.39 is 0 Å². The molecule has 0 radical (unpaired) electrons. The van der Waals surface area contributed by atoms with Gasteiger partial charge in [0, 0.05) is 15.0 Å². The standard InChI is InChI=1S/C20H23BrN2O2S2/c1-12-11-13(9-10-15(12)21)22-20(26)23-18-17(19(24)25-2)14-7-5-3-4-6-8-16(14)27-18/h9-11H,3-8H2,1-2H3,(H2,22,23,26). The second kappa shape index (κ2) is 9.17. The molecule has 0 saturated heterocycles. The average Bonchev–Trinajstić information content (AvgIpc) is 2.93. The smallest absolute Gasteiger partial charge is 0.341 e. The maximum Gasteiger partial charge on any atom is 0.341 e. The first-order valence-corrected chi connectivity index (χ1v) is 11.1. The minimum absolute atomic E-state index is 0.294. The second-order valence-corrected chi connectivity index (χ2v) is 9.02. The third-order valence-corrected chi connectivity index (χ3v) is 7.00. The van der Waals surface area contributed by atoms with Gasteiger partial charge < -0.3 is 15.4 Å². The Kier molecular flexibility index (Phi) is 6.89. The number of benzene rings is 1. The largest absolute Gasteiger partial charge is 0.465 e. The normalized spacial score (nSPS) is 13.9. The summed E-state index contributed by atoms with van der Waals surface area (Å²) in [5, 5.41) is 7.68. The Labute approximate surface area is 177 Å². The molecule has 1 aromatic carbocycles. The Balaban J connectivity index is 1.84. The van der Waals surface area contributed by atoms with Gasteiger partial charge in [0.05, 0.1) is 12.7 Å². The van der Waals surface area contributed by atoms with Gasteiger partial charge in [-0.1, -0.05) is 28.8 Å². The molecule has 3 rings (SSSR count). The van der Waals surface area contributed by atoms with Gasteiger partial charge >= 0.3 is 5.97 Å². The molecule has 2 aromatic rings. The molecular formula is C20H23BrN2O2S2. The Morgan fingerprint density at radius 3 is 2.63 bits per heavy atom. The number of aryl methyl sites for hydroxylation is 2. The van der Waals surface area contributed by atoms with E-state index in [4.69, 9.17) is 17.0 Å². The summed E-state index contributed by atoms with van der Waals surface area (Å²) in [6.07, 6.45) is 6.66. The zero-order valence-corrected chi connectivity index (χ0v) is 18.7. The molecule has 2 N–H and O–H groups in total. The maximum atomic E-state index is 12.5. The van der Waals surface area contributed by atoms with E-state index in [0.717, 1.165) is 52.0 Å². The lowest BCUT2D eigenvalue weighted by Crippen LogP contribution is -2.20. The van der Waals surface area contributed by atoms with Gasteiger partial charge in [0.1, 0.15) is 5.00 Å². The lowest BCUT2D eigenvalue weighted by Gasteiger charge is -2.12. The predicted octanol–water partition coefficient (Wildman–Crippen LogP) is 6.07. The summed E-state index contributed by atoms with van der Waals surface area (Å²) in [6.45, 7) is 2.03. The number of hydrogen-bond donors (Lipinski definition) is 2. The van der Waals surface area contributed by atoms with E-state index >= 15 is 0 Å². The molecule has 0 unspecified atom stereocenters. The van der Waals surface area contributed by atoms with Crippen molar-refractivity contribution in [2.45, 2.75) is 45.4 Å². The number of carbonyl (C=O) groups excluding carboxylic acids is 1. The van der Waals surface area contributed by atoms with E-state index in [-0.39, 0.29) is 5.97 Å². The fourth-order valence-electron chi connectivity index (χ4n) is 3.31. The number of rotatable bonds is 3. The van der Waals surface area contributed by atoms with E-state index in [1.165, 1.54) is 24.8 Å². The minimum atomic E-state index is -0.294. The first-order chi connectivity index (χ1) is 13.0. The van der Waals surface area contributed by atoms with Crippen LogP contribution >= 0.6 is 39.5 Å². The van der Waals surface area contributed by atoms with Gasteiger partial charge in [-0.05, 0) is 74.2 Å². The van der Waals surface area contributed by atoms with Crippen molar-refractivity contribution in [3.63, 3.8) is 0 Å². The number of halogens is 1. The van der Waals surface area contributed by atoms with Crippen LogP contribution in [0.1, 0.15) is 52.0 Å². The highest BCUT2D eigenvalue weighted by molar-refractivity contribution is 9.10. The molecule has 0 amide bonds. The third-order valence-electron chi connectivity index (χ3n) is 4.70. The van der Waals surface area contributed by atoms with Crippen molar-refractivity contribution in [2.24, 2.45) is 0 Å². The molecule has 144 valence electrons. The van der Waals surface area contributed by atoms with Crippen LogP contribution in [0.2, 0.25) is 0 Å². The van der Waals surface area contributed by atoms with E-state index in [1.54, 1.807) is 11.3 Å². The number of hydrogen-bond acceptors (Lipinski definition) is 4. The first kappa shape index (κ1) is 20.3. The zero-order valence-electron chi connectivity index (χ0n) is 15.5. The van der Waals surface area contributed by atoms with Crippen molar-refractivity contribution < 1.29 is 9.53 Å². The van der Waals surface area contributed by atoms with Gasteiger partial charge in [-0.3, -0.25) is 0 Å². The Hall–Kier alpha value is -1.44. The second-order valence-electron chi connectivity index (χ2n) is 6.66. The summed E-state index contributed by atoms with van der Waals surface area (Å²) in [4.78, 5) is 13.7. The fourth-order valence-corrected chi connectivity index (χ4v) is 5.13. The molecule has 27 heavy (non-hydrogen) atoms. The van der Waals surface area contributed by atoms with Crippen molar-refractivity contribution in [3.05, 3.63) is 44.2 Å². The van der Waals surface area contributed by atoms with E-state index in [1.807, 2.05) is 25.1 Å². The summed E-state index contributed by atoms with van der Waals surface area (Å²) < 4.78 is 6.11. The number of nitrogens with one attached hydrogen (secondary N) is 2. The molecule has 1 heterocycles. The van der Waals surface area contributed by atoms with E-state index in [2.05, 4.69) is 26.6 Å². The van der Waals surface area contributed by atoms with Crippen LogP contribution in [0.15, 0.2) is 22.7 Å². The molecule has 0 spiro atoms. The number of thiophene rings is 1. The fraction of sp³-hybridized carbons (Fsp3) is 0.400. The highest BCUT2D eigenvalue weighted by Crippen LogP contribution is 2.37. The molecule has 0 fully saturated rings. The van der Waals surface area contributed by atoms with Gasteiger partial charge in [0.2, 0.25) is 0 Å². The highest BCUT2D eigenvalue weighted by Gasteiger charge is 2.25. The summed E-state index contributed by atoms with van der Waals surface area (Å²) >= 11 is 10.6. The van der Waals surface area contributed by atoms with Crippen molar-refractivity contribution in [3.8, 4) is 0 Å². The van der Waals surface area contributed by atoms with Crippen LogP contribution in [0.4, 0.5) is 10.7 Å². The van der Waals surface area contributed by atoms with Gasteiger partial charge in [-0.2, -0.15) is 0 Å². The number of carbonyl (C=O) groups is 1. The summed E-state index contributed by atoms with van der Waals surface area (Å²) in [5.74, 6) is -0.294. The highest BCUT2D eigenvalue weighted by atomic mass is 79.9. The molecule has 7 heteroatoms. The quantitative estimate of drug-likeness (QED) is 0.424. The molecule has 1 aliphatic rings. The molecular weight excluding hydrogens is 444 g/mol. The number of thiocarbonyl (C=S) groups is 1. The van der Waals surface area contributed by atoms with E-state index in [0.29, 0.717) is 10.7 Å². The average molecular weight is 467 g/mol. The van der Waals surface area contributed by atoms with Gasteiger partial charge in [0.15, 0.2) is 5.11 Å². The maximum absolute atomic E-state index is 12.5. The van der Waals surface area contributed by atoms with E-state index in [9.17, 15) is 4.79 Å². The van der Waals surface area contributed by atoms with Crippen LogP contribution in [-0.2, 0) is 17.6 Å². The number of anilines is 2. The van der Waals surface area contributed by atoms with Crippen molar-refractivity contribution in [1.82, 2.24) is 0 Å². The summed E-state index contributed by atoms with van der Waals surface area (Å²) in [5.41, 5.74) is 3.81. The Morgan fingerprint density at radius 1 is 1.19 bits per heavy atom. The van der Waals surface area contributed by atoms with Crippen molar-refractivity contribution in [2.75, 3.05) is 17.7 Å². The molecule has 0 atom stereocenters. The van der Waals surface area contributed by atoms with Crippen LogP contribution in [0.5, 0.6) is 0 Å². The van der Waals surface area contributed by atoms with Crippen LogP contribution in [-0.4, -0.2) is 18.2 Å². The zero-order chi connectivity index (χ0) is 19.4. The summed E-state index contributed by atoms with van der Waals surface area (Å²) in [6, 6.07) is 5.96. The SMILES string of the molecule is COC(=O)c1c(NC(=S)Nc2ccc(Br)c(C)c2)sc2c1CCCCCC2. The van der Waals surface area contributed by atoms with Gasteiger partial charge in [0.25, 0.3) is 0 Å². The molecule has 0 aliphatic heterocycles. The van der Waals surface area contributed by atoms with Crippen molar-refractivity contribution in [1.29, 1.82) is 0 Å². The van der Waals surface area contributed by atoms with Crippen molar-refractivity contribution >= 4 is 61.3 Å². The van der Waals surface area contributed by atoms with Crippen LogP contribution in [0, 0.1) is 6.92 Å². The Morgan fingerprint density at radius 2 is 1.93 bits per heavy atom. The Bertz CT molecular complexity index is 864. The lowest BCUT2D eigenvalue weighted by atomic mass is 9.96. The van der Waals surface area contributed by atoms with Gasteiger partial charge in [-0.15, -0.1) is 11.3 Å². The van der Waals surface area contributed by atoms with Crippen LogP contribution < -0.4 is 10.6 Å². The summed E-state index contributed by atoms with van der Waals surface area (Å²) in [7, 11) is 1.43. The molecule has 0 bridgehead atoms. The van der Waals surface area contributed by atoms with Crippen LogP contribution in [0.3, 0.4) is 0 Å². The molecule has 1 aromatic heterocycles. The van der Waals surface area contributed by atoms with Crippen LogP contribution in [0.25, 0.3) is 0 Å². The minimum Gasteiger partial charge on any atom is -0.465 e. The molecule has 0 saturated carbocycles. The lowest BCUT2D eigenvalue weighted by molar-refractivity contribution is 0.0601. The predicted molar refractivity (Wildman–Crippen MR) is 120 cm³/mol. The number of ether oxygens (including phenoxy) is 1. The monoisotopic (exact) mass is 466 g/mol. The first-order valence-electron chi connectivity index (χ1n) is 9.06. The number of methoxy groups -OCH3 is 1. The topological polar surface area (TPSA) is 50.4 Å². The molecule has 1 aliphatic carbocycles. The number of fused-ring (bicyclic) bond motifs is 1. The molecule has 4 nitrogen and oxygen atoms in total. The number of esters is 1.